The van der Waals surface area contributed by atoms with Crippen LogP contribution in [-0.2, 0) is 14.8 Å². The topological polar surface area (TPSA) is 84.9 Å². The fourth-order valence-electron chi connectivity index (χ4n) is 3.42. The second kappa shape index (κ2) is 9.59. The van der Waals surface area contributed by atoms with Crippen LogP contribution in [-0.4, -0.2) is 52.0 Å². The number of rotatable bonds is 7. The largest absolute Gasteiger partial charge is 0.496 e. The van der Waals surface area contributed by atoms with Crippen molar-refractivity contribution in [3.05, 3.63) is 59.2 Å². The van der Waals surface area contributed by atoms with Crippen LogP contribution in [0.3, 0.4) is 0 Å². The summed E-state index contributed by atoms with van der Waals surface area (Å²) in [6.45, 7) is 5.30. The number of amides is 1. The van der Waals surface area contributed by atoms with E-state index in [-0.39, 0.29) is 22.4 Å². The molecule has 2 aromatic carbocycles. The zero-order valence-corrected chi connectivity index (χ0v) is 18.4. The van der Waals surface area contributed by atoms with E-state index in [1.807, 2.05) is 38.1 Å². The van der Waals surface area contributed by atoms with E-state index in [2.05, 4.69) is 5.32 Å². The van der Waals surface area contributed by atoms with Crippen molar-refractivity contribution in [2.45, 2.75) is 31.2 Å². The number of methoxy groups -OCH3 is 1. The molecule has 162 valence electrons. The van der Waals surface area contributed by atoms with Crippen molar-refractivity contribution in [2.75, 3.05) is 33.4 Å². The Bertz CT molecular complexity index is 983. The van der Waals surface area contributed by atoms with Crippen LogP contribution in [0, 0.1) is 6.92 Å². The van der Waals surface area contributed by atoms with Crippen LogP contribution < -0.4 is 10.1 Å². The number of carbonyl (C=O) groups is 1. The van der Waals surface area contributed by atoms with Gasteiger partial charge in [0.25, 0.3) is 5.91 Å². The molecule has 3 rings (SSSR count). The van der Waals surface area contributed by atoms with Gasteiger partial charge >= 0.3 is 0 Å². The van der Waals surface area contributed by atoms with Crippen molar-refractivity contribution >= 4 is 15.9 Å². The number of carbonyl (C=O) groups excluding carboxylic acids is 1. The molecule has 1 aliphatic rings. The predicted octanol–water partition coefficient (Wildman–Crippen LogP) is 2.91. The summed E-state index contributed by atoms with van der Waals surface area (Å²) in [7, 11) is -2.26. The molecule has 7 nitrogen and oxygen atoms in total. The number of aryl methyl sites for hydroxylation is 1. The van der Waals surface area contributed by atoms with Crippen molar-refractivity contribution in [3.63, 3.8) is 0 Å². The molecular formula is C22H28N2O5S. The number of ether oxygens (including phenoxy) is 2. The van der Waals surface area contributed by atoms with Crippen molar-refractivity contribution < 1.29 is 22.7 Å². The SMILES string of the molecule is CCC(NC(=O)c1cc(S(=O)(=O)N2CCOCC2)ccc1OC)c1ccc(C)cc1. The minimum Gasteiger partial charge on any atom is -0.496 e. The number of hydrogen-bond acceptors (Lipinski definition) is 5. The van der Waals surface area contributed by atoms with Gasteiger partial charge in [-0.15, -0.1) is 0 Å². The van der Waals surface area contributed by atoms with E-state index in [9.17, 15) is 13.2 Å². The highest BCUT2D eigenvalue weighted by Crippen LogP contribution is 2.26. The van der Waals surface area contributed by atoms with Crippen LogP contribution >= 0.6 is 0 Å². The van der Waals surface area contributed by atoms with E-state index < -0.39 is 10.0 Å². The molecule has 0 aromatic heterocycles. The van der Waals surface area contributed by atoms with Crippen molar-refractivity contribution in [2.24, 2.45) is 0 Å². The standard InChI is InChI=1S/C22H28N2O5S/c1-4-20(17-7-5-16(2)6-8-17)23-22(25)19-15-18(9-10-21(19)28-3)30(26,27)24-11-13-29-14-12-24/h5-10,15,20H,4,11-14H2,1-3H3,(H,23,25). The van der Waals surface area contributed by atoms with Gasteiger partial charge in [-0.3, -0.25) is 4.79 Å². The van der Waals surface area contributed by atoms with Gasteiger partial charge in [0.15, 0.2) is 0 Å². The molecule has 30 heavy (non-hydrogen) atoms. The Morgan fingerprint density at radius 2 is 1.83 bits per heavy atom. The summed E-state index contributed by atoms with van der Waals surface area (Å²) in [6, 6.07) is 12.2. The third-order valence-corrected chi connectivity index (χ3v) is 7.11. The molecule has 1 saturated heterocycles. The second-order valence-corrected chi connectivity index (χ2v) is 9.16. The minimum absolute atomic E-state index is 0.0683. The first-order valence-electron chi connectivity index (χ1n) is 10.00. The molecule has 1 aliphatic heterocycles. The van der Waals surface area contributed by atoms with Crippen LogP contribution in [0.25, 0.3) is 0 Å². The average molecular weight is 433 g/mol. The monoisotopic (exact) mass is 432 g/mol. The quantitative estimate of drug-likeness (QED) is 0.727. The lowest BCUT2D eigenvalue weighted by Gasteiger charge is -2.26. The van der Waals surface area contributed by atoms with Crippen LogP contribution in [0.5, 0.6) is 5.75 Å². The van der Waals surface area contributed by atoms with Crippen LogP contribution in [0.15, 0.2) is 47.4 Å². The number of nitrogens with zero attached hydrogens (tertiary/aromatic N) is 1. The van der Waals surface area contributed by atoms with Gasteiger partial charge in [-0.05, 0) is 37.1 Å². The molecule has 1 fully saturated rings. The molecule has 1 N–H and O–H groups in total. The van der Waals surface area contributed by atoms with E-state index in [0.717, 1.165) is 11.1 Å². The van der Waals surface area contributed by atoms with Crippen LogP contribution in [0.4, 0.5) is 0 Å². The fraction of sp³-hybridized carbons (Fsp3) is 0.409. The maximum atomic E-state index is 13.1. The van der Waals surface area contributed by atoms with Gasteiger partial charge in [-0.1, -0.05) is 36.8 Å². The summed E-state index contributed by atoms with van der Waals surface area (Å²) in [5.74, 6) is -0.0505. The van der Waals surface area contributed by atoms with Gasteiger partial charge < -0.3 is 14.8 Å². The third kappa shape index (κ3) is 4.83. The van der Waals surface area contributed by atoms with Crippen molar-refractivity contribution in [3.8, 4) is 5.75 Å². The fourth-order valence-corrected chi connectivity index (χ4v) is 4.85. The highest BCUT2D eigenvalue weighted by Gasteiger charge is 2.28. The Balaban J connectivity index is 1.89. The Morgan fingerprint density at radius 1 is 1.17 bits per heavy atom. The first-order valence-corrected chi connectivity index (χ1v) is 11.4. The van der Waals surface area contributed by atoms with Gasteiger partial charge in [0.05, 0.1) is 36.8 Å². The summed E-state index contributed by atoms with van der Waals surface area (Å²) in [4.78, 5) is 13.1. The number of nitrogens with one attached hydrogen (secondary N) is 1. The van der Waals surface area contributed by atoms with Crippen molar-refractivity contribution in [1.82, 2.24) is 9.62 Å². The van der Waals surface area contributed by atoms with Gasteiger partial charge in [0, 0.05) is 13.1 Å². The number of sulfonamides is 1. The lowest BCUT2D eigenvalue weighted by atomic mass is 10.0. The van der Waals surface area contributed by atoms with E-state index in [1.54, 1.807) is 0 Å². The molecule has 1 unspecified atom stereocenters. The summed E-state index contributed by atoms with van der Waals surface area (Å²) < 4.78 is 37.9. The van der Waals surface area contributed by atoms with Crippen LogP contribution in [0.2, 0.25) is 0 Å². The molecule has 1 amide bonds. The number of benzene rings is 2. The molecule has 2 aromatic rings. The summed E-state index contributed by atoms with van der Waals surface area (Å²) >= 11 is 0. The van der Waals surface area contributed by atoms with Gasteiger partial charge in [-0.25, -0.2) is 8.42 Å². The van der Waals surface area contributed by atoms with Crippen LogP contribution in [0.1, 0.15) is 40.9 Å². The molecular weight excluding hydrogens is 404 g/mol. The zero-order valence-electron chi connectivity index (χ0n) is 17.6. The molecule has 1 heterocycles. The molecule has 0 spiro atoms. The highest BCUT2D eigenvalue weighted by molar-refractivity contribution is 7.89. The maximum Gasteiger partial charge on any atom is 0.255 e. The zero-order chi connectivity index (χ0) is 21.7. The highest BCUT2D eigenvalue weighted by atomic mass is 32.2. The molecule has 8 heteroatoms. The number of hydrogen-bond donors (Lipinski definition) is 1. The first-order chi connectivity index (χ1) is 14.4. The minimum atomic E-state index is -3.72. The summed E-state index contributed by atoms with van der Waals surface area (Å²) in [5, 5.41) is 3.00. The third-order valence-electron chi connectivity index (χ3n) is 5.22. The predicted molar refractivity (Wildman–Crippen MR) is 114 cm³/mol. The Morgan fingerprint density at radius 3 is 2.43 bits per heavy atom. The lowest BCUT2D eigenvalue weighted by molar-refractivity contribution is 0.0730. The van der Waals surface area contributed by atoms with E-state index in [4.69, 9.17) is 9.47 Å². The molecule has 0 radical (unpaired) electrons. The molecule has 0 saturated carbocycles. The van der Waals surface area contributed by atoms with Crippen molar-refractivity contribution in [1.29, 1.82) is 0 Å². The normalized spacial score (nSPS) is 16.1. The van der Waals surface area contributed by atoms with Gasteiger partial charge in [-0.2, -0.15) is 4.31 Å². The molecule has 1 atom stereocenters. The summed E-state index contributed by atoms with van der Waals surface area (Å²) in [5.41, 5.74) is 2.33. The van der Waals surface area contributed by atoms with Gasteiger partial charge in [0.2, 0.25) is 10.0 Å². The first kappa shape index (κ1) is 22.3. The van der Waals surface area contributed by atoms with Gasteiger partial charge in [0.1, 0.15) is 5.75 Å². The average Bonchev–Trinajstić information content (AvgIpc) is 2.78. The molecule has 0 bridgehead atoms. The summed E-state index contributed by atoms with van der Waals surface area (Å²) in [6.07, 6.45) is 0.697. The number of morpholine rings is 1. The Kier molecular flexibility index (Phi) is 7.12. The Labute approximate surface area is 178 Å². The van der Waals surface area contributed by atoms with E-state index in [0.29, 0.717) is 38.5 Å². The maximum absolute atomic E-state index is 13.1. The second-order valence-electron chi connectivity index (χ2n) is 7.22. The molecule has 0 aliphatic carbocycles. The Hall–Kier alpha value is -2.42. The van der Waals surface area contributed by atoms with E-state index in [1.165, 1.54) is 29.6 Å². The van der Waals surface area contributed by atoms with E-state index >= 15 is 0 Å². The lowest BCUT2D eigenvalue weighted by Crippen LogP contribution is -2.40. The smallest absolute Gasteiger partial charge is 0.255 e.